The number of nitrogens with two attached hydrogens (primary N) is 1. The van der Waals surface area contributed by atoms with Crippen molar-refractivity contribution in [3.8, 4) is 0 Å². The quantitative estimate of drug-likeness (QED) is 0.681. The van der Waals surface area contributed by atoms with Crippen LogP contribution >= 0.6 is 0 Å². The molecular formula is C21H23N2O2+. The summed E-state index contributed by atoms with van der Waals surface area (Å²) in [7, 11) is 0. The molecule has 1 aliphatic heterocycles. The molecular weight excluding hydrogens is 312 g/mol. The summed E-state index contributed by atoms with van der Waals surface area (Å²) >= 11 is 0. The number of H-pyrrole nitrogens is 1. The van der Waals surface area contributed by atoms with Gasteiger partial charge in [0.1, 0.15) is 12.6 Å². The number of ether oxygens (including phenoxy) is 1. The third-order valence-electron chi connectivity index (χ3n) is 4.95. The Hall–Kier alpha value is -2.43. The molecule has 0 amide bonds. The molecule has 0 bridgehead atoms. The third-order valence-corrected chi connectivity index (χ3v) is 4.95. The summed E-state index contributed by atoms with van der Waals surface area (Å²) in [5.74, 6) is 0.140. The number of carbonyl (C=O) groups is 1. The van der Waals surface area contributed by atoms with Gasteiger partial charge < -0.3 is 15.0 Å². The molecule has 1 aliphatic rings. The molecule has 3 N–H and O–H groups in total. The van der Waals surface area contributed by atoms with E-state index in [4.69, 9.17) is 4.74 Å². The molecule has 2 heterocycles. The van der Waals surface area contributed by atoms with Crippen LogP contribution in [0.5, 0.6) is 0 Å². The lowest BCUT2D eigenvalue weighted by Gasteiger charge is -2.17. The van der Waals surface area contributed by atoms with Crippen molar-refractivity contribution in [3.63, 3.8) is 0 Å². The minimum Gasteiger partial charge on any atom is -0.372 e. The van der Waals surface area contributed by atoms with Gasteiger partial charge in [0.25, 0.3) is 0 Å². The molecule has 1 fully saturated rings. The normalized spacial score (nSPS) is 18.5. The van der Waals surface area contributed by atoms with Crippen LogP contribution in [-0.2, 0) is 4.74 Å². The third kappa shape index (κ3) is 3.36. The standard InChI is InChI=1S/C21H22N2O2/c24-21(18-14-22-19-11-5-4-10-17(18)19)20(15-7-2-1-3-8-15)23-13-16-9-6-12-25-16/h1-5,7-8,10-11,14,16,20,22-23H,6,9,12-13H2/p+1/t16-,20+/m1/s1. The van der Waals surface area contributed by atoms with E-state index in [1.807, 2.05) is 60.8 Å². The Labute approximate surface area is 147 Å². The van der Waals surface area contributed by atoms with E-state index < -0.39 is 0 Å². The van der Waals surface area contributed by atoms with Crippen LogP contribution in [0.3, 0.4) is 0 Å². The Bertz CT molecular complexity index is 850. The maximum atomic E-state index is 13.3. The zero-order valence-electron chi connectivity index (χ0n) is 14.2. The molecule has 4 heteroatoms. The number of hydrogen-bond acceptors (Lipinski definition) is 2. The summed E-state index contributed by atoms with van der Waals surface area (Å²) in [5.41, 5.74) is 2.79. The lowest BCUT2D eigenvalue weighted by atomic mass is 9.96. The highest BCUT2D eigenvalue weighted by atomic mass is 16.5. The summed E-state index contributed by atoms with van der Waals surface area (Å²) in [4.78, 5) is 16.5. The summed E-state index contributed by atoms with van der Waals surface area (Å²) in [6.07, 6.45) is 4.29. The molecule has 0 spiro atoms. The maximum Gasteiger partial charge on any atom is 0.226 e. The Morgan fingerprint density at radius 1 is 1.16 bits per heavy atom. The fourth-order valence-electron chi connectivity index (χ4n) is 3.62. The number of nitrogens with one attached hydrogen (secondary N) is 1. The first-order chi connectivity index (χ1) is 12.3. The molecule has 0 saturated carbocycles. The average molecular weight is 335 g/mol. The maximum absolute atomic E-state index is 13.3. The topological polar surface area (TPSA) is 58.7 Å². The van der Waals surface area contributed by atoms with Crippen molar-refractivity contribution in [1.29, 1.82) is 0 Å². The van der Waals surface area contributed by atoms with E-state index in [1.165, 1.54) is 0 Å². The van der Waals surface area contributed by atoms with Crippen LogP contribution in [0.2, 0.25) is 0 Å². The van der Waals surface area contributed by atoms with Crippen molar-refractivity contribution in [3.05, 3.63) is 71.9 Å². The number of quaternary nitrogens is 1. The van der Waals surface area contributed by atoms with Gasteiger partial charge >= 0.3 is 0 Å². The minimum atomic E-state index is -0.246. The number of rotatable bonds is 6. The highest BCUT2D eigenvalue weighted by Gasteiger charge is 2.29. The number of ketones is 1. The molecule has 4 rings (SSSR count). The molecule has 4 nitrogen and oxygen atoms in total. The first-order valence-corrected chi connectivity index (χ1v) is 8.93. The van der Waals surface area contributed by atoms with Gasteiger partial charge in [0.15, 0.2) is 6.04 Å². The van der Waals surface area contributed by atoms with Gasteiger partial charge in [-0.1, -0.05) is 48.5 Å². The Morgan fingerprint density at radius 2 is 1.96 bits per heavy atom. The van der Waals surface area contributed by atoms with Crippen molar-refractivity contribution in [2.24, 2.45) is 0 Å². The second-order valence-corrected chi connectivity index (χ2v) is 6.61. The highest BCUT2D eigenvalue weighted by molar-refractivity contribution is 6.09. The smallest absolute Gasteiger partial charge is 0.226 e. The number of carbonyl (C=O) groups excluding carboxylic acids is 1. The predicted molar refractivity (Wildman–Crippen MR) is 97.6 cm³/mol. The molecule has 0 radical (unpaired) electrons. The van der Waals surface area contributed by atoms with Gasteiger partial charge in [-0.2, -0.15) is 0 Å². The van der Waals surface area contributed by atoms with E-state index in [1.54, 1.807) is 0 Å². The SMILES string of the molecule is O=C(c1c[nH]c2ccccc12)[C@@H]([NH2+]C[C@H]1CCCO1)c1ccccc1. The van der Waals surface area contributed by atoms with Gasteiger partial charge in [0.2, 0.25) is 5.78 Å². The van der Waals surface area contributed by atoms with Crippen LogP contribution in [0, 0.1) is 0 Å². The lowest BCUT2D eigenvalue weighted by molar-refractivity contribution is -0.686. The summed E-state index contributed by atoms with van der Waals surface area (Å²) in [5, 5.41) is 3.12. The highest BCUT2D eigenvalue weighted by Crippen LogP contribution is 2.23. The number of aromatic amines is 1. The van der Waals surface area contributed by atoms with Crippen LogP contribution in [0.4, 0.5) is 0 Å². The monoisotopic (exact) mass is 335 g/mol. The van der Waals surface area contributed by atoms with Crippen LogP contribution in [-0.4, -0.2) is 30.0 Å². The first kappa shape index (κ1) is 16.1. The number of para-hydroxylation sites is 1. The average Bonchev–Trinajstić information content (AvgIpc) is 3.32. The van der Waals surface area contributed by atoms with Crippen molar-refractivity contribution in [2.45, 2.75) is 25.0 Å². The van der Waals surface area contributed by atoms with Gasteiger partial charge in [-0.25, -0.2) is 0 Å². The second kappa shape index (κ2) is 7.21. The van der Waals surface area contributed by atoms with E-state index in [2.05, 4.69) is 10.3 Å². The fourth-order valence-corrected chi connectivity index (χ4v) is 3.62. The van der Waals surface area contributed by atoms with Crippen molar-refractivity contribution < 1.29 is 14.8 Å². The summed E-state index contributed by atoms with van der Waals surface area (Å²) < 4.78 is 5.73. The van der Waals surface area contributed by atoms with Gasteiger partial charge in [0.05, 0.1) is 0 Å². The molecule has 3 aromatic rings. The molecule has 0 unspecified atom stereocenters. The largest absolute Gasteiger partial charge is 0.372 e. The number of aromatic nitrogens is 1. The molecule has 128 valence electrons. The van der Waals surface area contributed by atoms with E-state index >= 15 is 0 Å². The van der Waals surface area contributed by atoms with E-state index in [0.29, 0.717) is 0 Å². The number of hydrogen-bond donors (Lipinski definition) is 2. The van der Waals surface area contributed by atoms with Gasteiger partial charge in [-0.15, -0.1) is 0 Å². The Kier molecular flexibility index (Phi) is 4.63. The van der Waals surface area contributed by atoms with Crippen LogP contribution in [0.25, 0.3) is 10.9 Å². The van der Waals surface area contributed by atoms with Crippen molar-refractivity contribution >= 4 is 16.7 Å². The molecule has 1 saturated heterocycles. The molecule has 2 aromatic carbocycles. The molecule has 2 atom stereocenters. The number of Topliss-reactive ketones (excluding diaryl/α,β-unsaturated/α-hetero) is 1. The summed E-state index contributed by atoms with van der Waals surface area (Å²) in [6, 6.07) is 17.7. The van der Waals surface area contributed by atoms with Crippen molar-refractivity contribution in [2.75, 3.05) is 13.2 Å². The lowest BCUT2D eigenvalue weighted by Crippen LogP contribution is -2.88. The Balaban J connectivity index is 1.63. The fraction of sp³-hybridized carbons (Fsp3) is 0.286. The zero-order valence-corrected chi connectivity index (χ0v) is 14.2. The Morgan fingerprint density at radius 3 is 2.76 bits per heavy atom. The van der Waals surface area contributed by atoms with Gasteiger partial charge in [0, 0.05) is 34.8 Å². The van der Waals surface area contributed by atoms with Crippen LogP contribution in [0.1, 0.15) is 34.8 Å². The van der Waals surface area contributed by atoms with E-state index in [0.717, 1.165) is 48.0 Å². The van der Waals surface area contributed by atoms with E-state index in [-0.39, 0.29) is 17.9 Å². The second-order valence-electron chi connectivity index (χ2n) is 6.61. The van der Waals surface area contributed by atoms with Crippen LogP contribution < -0.4 is 5.32 Å². The van der Waals surface area contributed by atoms with E-state index in [9.17, 15) is 4.79 Å². The minimum absolute atomic E-state index is 0.140. The number of fused-ring (bicyclic) bond motifs is 1. The number of benzene rings is 2. The van der Waals surface area contributed by atoms with Crippen LogP contribution in [0.15, 0.2) is 60.8 Å². The molecule has 25 heavy (non-hydrogen) atoms. The van der Waals surface area contributed by atoms with Crippen molar-refractivity contribution in [1.82, 2.24) is 4.98 Å². The summed E-state index contributed by atoms with van der Waals surface area (Å²) in [6.45, 7) is 1.65. The predicted octanol–water partition coefficient (Wildman–Crippen LogP) is 2.83. The first-order valence-electron chi connectivity index (χ1n) is 8.93. The molecule has 1 aromatic heterocycles. The molecule has 0 aliphatic carbocycles. The zero-order chi connectivity index (χ0) is 17.1. The van der Waals surface area contributed by atoms with Gasteiger partial charge in [-0.3, -0.25) is 4.79 Å². The van der Waals surface area contributed by atoms with Gasteiger partial charge in [-0.05, 0) is 18.9 Å².